The van der Waals surface area contributed by atoms with Crippen molar-refractivity contribution < 1.29 is 13.9 Å². The first-order valence-electron chi connectivity index (χ1n) is 11.3. The number of ether oxygens (including phenoxy) is 1. The molecule has 2 aromatic rings. The highest BCUT2D eigenvalue weighted by Gasteiger charge is 2.12. The number of hydrogen-bond acceptors (Lipinski definition) is 4. The van der Waals surface area contributed by atoms with E-state index in [2.05, 4.69) is 35.4 Å². The Morgan fingerprint density at radius 1 is 1.18 bits per heavy atom. The van der Waals surface area contributed by atoms with Crippen LogP contribution in [0.25, 0.3) is 0 Å². The van der Waals surface area contributed by atoms with Crippen molar-refractivity contribution in [3.8, 4) is 5.75 Å². The van der Waals surface area contributed by atoms with Gasteiger partial charge in [0.15, 0.2) is 0 Å². The molecule has 0 fully saturated rings. The monoisotopic (exact) mass is 449 g/mol. The fourth-order valence-corrected chi connectivity index (χ4v) is 3.81. The molecule has 3 N–H and O–H groups in total. The molecule has 6 heteroatoms. The van der Waals surface area contributed by atoms with E-state index in [1.165, 1.54) is 17.7 Å². The summed E-state index contributed by atoms with van der Waals surface area (Å²) >= 11 is 0. The number of methoxy groups -OCH3 is 1. The number of halogens is 1. The van der Waals surface area contributed by atoms with Crippen LogP contribution in [0.4, 0.5) is 4.39 Å². The minimum atomic E-state index is -0.503. The van der Waals surface area contributed by atoms with Crippen molar-refractivity contribution in [1.82, 2.24) is 5.32 Å². The lowest BCUT2D eigenvalue weighted by Crippen LogP contribution is -2.15. The van der Waals surface area contributed by atoms with E-state index in [0.29, 0.717) is 12.1 Å². The van der Waals surface area contributed by atoms with Crippen LogP contribution in [0, 0.1) is 5.82 Å². The van der Waals surface area contributed by atoms with E-state index in [1.807, 2.05) is 12.1 Å². The maximum absolute atomic E-state index is 13.0. The third-order valence-corrected chi connectivity index (χ3v) is 5.81. The van der Waals surface area contributed by atoms with Gasteiger partial charge in [-0.2, -0.15) is 0 Å². The van der Waals surface area contributed by atoms with Gasteiger partial charge in [0.25, 0.3) is 5.91 Å². The van der Waals surface area contributed by atoms with Crippen molar-refractivity contribution in [2.24, 2.45) is 10.7 Å². The molecule has 1 heterocycles. The summed E-state index contributed by atoms with van der Waals surface area (Å²) in [5, 5.41) is 3.46. The zero-order valence-electron chi connectivity index (χ0n) is 19.4. The maximum Gasteiger partial charge on any atom is 0.266 e. The number of aryl methyl sites for hydroxylation is 1. The van der Waals surface area contributed by atoms with Gasteiger partial charge in [-0.05, 0) is 79.6 Å². The predicted octanol–water partition coefficient (Wildman–Crippen LogP) is 4.65. The fraction of sp³-hybridized carbons (Fsp3) is 0.333. The Labute approximate surface area is 195 Å². The predicted molar refractivity (Wildman–Crippen MR) is 131 cm³/mol. The lowest BCUT2D eigenvalue weighted by molar-refractivity contribution is -0.114. The maximum atomic E-state index is 13.0. The lowest BCUT2D eigenvalue weighted by atomic mass is 9.96. The van der Waals surface area contributed by atoms with Crippen LogP contribution in [0.15, 0.2) is 70.4 Å². The molecular weight excluding hydrogens is 417 g/mol. The Hall–Kier alpha value is -3.25. The molecule has 33 heavy (non-hydrogen) atoms. The van der Waals surface area contributed by atoms with Crippen LogP contribution < -0.4 is 15.8 Å². The molecule has 0 saturated carbocycles. The number of rotatable bonds is 10. The summed E-state index contributed by atoms with van der Waals surface area (Å²) < 4.78 is 18.6. The molecular formula is C27H32FN3O2. The zero-order chi connectivity index (χ0) is 23.6. The van der Waals surface area contributed by atoms with Gasteiger partial charge in [-0.25, -0.2) is 4.39 Å². The van der Waals surface area contributed by atoms with Crippen molar-refractivity contribution in [2.45, 2.75) is 45.6 Å². The van der Waals surface area contributed by atoms with E-state index in [4.69, 9.17) is 10.5 Å². The van der Waals surface area contributed by atoms with Gasteiger partial charge in [0.1, 0.15) is 17.3 Å². The summed E-state index contributed by atoms with van der Waals surface area (Å²) in [7, 11) is 1.68. The summed E-state index contributed by atoms with van der Waals surface area (Å²) in [6.45, 7) is 3.72. The molecule has 174 valence electrons. The van der Waals surface area contributed by atoms with Crippen molar-refractivity contribution >= 4 is 12.1 Å². The third-order valence-electron chi connectivity index (χ3n) is 5.81. The van der Waals surface area contributed by atoms with Gasteiger partial charge in [0, 0.05) is 19.2 Å². The topological polar surface area (TPSA) is 76.7 Å². The van der Waals surface area contributed by atoms with Gasteiger partial charge in [-0.3, -0.25) is 9.79 Å². The normalized spacial score (nSPS) is 14.0. The standard InChI is InChI=1S/C27H32FN3O2/c1-19-5-3-7-25(27(29)32)31-18-23(19)16-22-11-8-21(15-26(22)33-2)17-30-14-4-6-20-9-12-24(28)13-10-20/h7-13,15,18,30H,3-6,14,16-17H2,1-2H3,(H2,29,32). The number of aliphatic imine (C=N–C) groups is 1. The number of amides is 1. The van der Waals surface area contributed by atoms with Crippen LogP contribution >= 0.6 is 0 Å². The number of hydrogen-bond donors (Lipinski definition) is 2. The van der Waals surface area contributed by atoms with E-state index in [9.17, 15) is 9.18 Å². The second-order valence-electron chi connectivity index (χ2n) is 8.29. The number of primary amides is 1. The molecule has 2 aromatic carbocycles. The first kappa shape index (κ1) is 24.4. The van der Waals surface area contributed by atoms with Crippen molar-refractivity contribution in [1.29, 1.82) is 0 Å². The number of nitrogens with zero attached hydrogens (tertiary/aromatic N) is 1. The summed E-state index contributed by atoms with van der Waals surface area (Å²) in [5.41, 5.74) is 11.4. The molecule has 5 nitrogen and oxygen atoms in total. The van der Waals surface area contributed by atoms with Crippen molar-refractivity contribution in [3.05, 3.63) is 87.9 Å². The third kappa shape index (κ3) is 7.39. The highest BCUT2D eigenvalue weighted by molar-refractivity contribution is 5.95. The number of carbonyl (C=O) groups is 1. The summed E-state index contributed by atoms with van der Waals surface area (Å²) in [5.74, 6) is 0.133. The molecule has 0 bridgehead atoms. The molecule has 1 amide bonds. The first-order chi connectivity index (χ1) is 16.0. The van der Waals surface area contributed by atoms with Crippen LogP contribution in [-0.2, 0) is 24.2 Å². The average molecular weight is 450 g/mol. The molecule has 0 unspecified atom stereocenters. The smallest absolute Gasteiger partial charge is 0.266 e. The molecule has 0 atom stereocenters. The van der Waals surface area contributed by atoms with Gasteiger partial charge in [0.2, 0.25) is 0 Å². The van der Waals surface area contributed by atoms with Crippen molar-refractivity contribution in [2.75, 3.05) is 13.7 Å². The van der Waals surface area contributed by atoms with E-state index in [0.717, 1.165) is 66.8 Å². The first-order valence-corrected chi connectivity index (χ1v) is 11.3. The highest BCUT2D eigenvalue weighted by Crippen LogP contribution is 2.25. The molecule has 0 aromatic heterocycles. The van der Waals surface area contributed by atoms with Crippen LogP contribution in [0.5, 0.6) is 5.75 Å². The summed E-state index contributed by atoms with van der Waals surface area (Å²) in [6.07, 6.45) is 7.72. The second kappa shape index (κ2) is 12.1. The Morgan fingerprint density at radius 2 is 1.94 bits per heavy atom. The summed E-state index contributed by atoms with van der Waals surface area (Å²) in [4.78, 5) is 15.8. The van der Waals surface area contributed by atoms with E-state index in [-0.39, 0.29) is 5.82 Å². The number of carbonyl (C=O) groups excluding carboxylic acids is 1. The number of benzene rings is 2. The van der Waals surface area contributed by atoms with Gasteiger partial charge >= 0.3 is 0 Å². The van der Waals surface area contributed by atoms with Crippen molar-refractivity contribution in [3.63, 3.8) is 0 Å². The van der Waals surface area contributed by atoms with E-state index in [1.54, 1.807) is 19.4 Å². The number of allylic oxidation sites excluding steroid dienone is 3. The average Bonchev–Trinajstić information content (AvgIpc) is 2.80. The fourth-order valence-electron chi connectivity index (χ4n) is 3.81. The number of nitrogens with one attached hydrogen (secondary N) is 1. The highest BCUT2D eigenvalue weighted by atomic mass is 19.1. The molecule has 0 spiro atoms. The molecule has 0 aliphatic carbocycles. The minimum absolute atomic E-state index is 0.199. The quantitative estimate of drug-likeness (QED) is 0.519. The van der Waals surface area contributed by atoms with E-state index < -0.39 is 5.91 Å². The van der Waals surface area contributed by atoms with Gasteiger partial charge in [0.05, 0.1) is 7.11 Å². The van der Waals surface area contributed by atoms with Crippen LogP contribution in [-0.4, -0.2) is 25.8 Å². The number of nitrogens with two attached hydrogens (primary N) is 1. The lowest BCUT2D eigenvalue weighted by Gasteiger charge is -2.15. The zero-order valence-corrected chi connectivity index (χ0v) is 19.4. The molecule has 1 aliphatic heterocycles. The Kier molecular flexibility index (Phi) is 8.95. The Bertz CT molecular complexity index is 1060. The van der Waals surface area contributed by atoms with Gasteiger partial charge < -0.3 is 15.8 Å². The van der Waals surface area contributed by atoms with E-state index >= 15 is 0 Å². The Balaban J connectivity index is 1.57. The van der Waals surface area contributed by atoms with Gasteiger partial charge in [-0.1, -0.05) is 35.9 Å². The summed E-state index contributed by atoms with van der Waals surface area (Å²) in [6, 6.07) is 12.9. The SMILES string of the molecule is COc1cc(CNCCCc2ccc(F)cc2)ccc1CC1=C(C)CCC=C(C(N)=O)N=C1. The second-order valence-corrected chi connectivity index (χ2v) is 8.29. The van der Waals surface area contributed by atoms with Crippen LogP contribution in [0.2, 0.25) is 0 Å². The molecule has 0 radical (unpaired) electrons. The van der Waals surface area contributed by atoms with Gasteiger partial charge in [-0.15, -0.1) is 0 Å². The van der Waals surface area contributed by atoms with Crippen LogP contribution in [0.1, 0.15) is 42.9 Å². The minimum Gasteiger partial charge on any atom is -0.496 e. The molecule has 3 rings (SSSR count). The van der Waals surface area contributed by atoms with Crippen LogP contribution in [0.3, 0.4) is 0 Å². The molecule has 1 aliphatic rings. The largest absolute Gasteiger partial charge is 0.496 e. The Morgan fingerprint density at radius 3 is 2.67 bits per heavy atom. The molecule has 0 saturated heterocycles.